The summed E-state index contributed by atoms with van der Waals surface area (Å²) >= 11 is 5.68. The molecule has 0 unspecified atom stereocenters. The molecule has 4 rings (SSSR count). The fraction of sp³-hybridized carbons (Fsp3) is 0.350. The molecule has 0 amide bonds. The number of ether oxygens (including phenoxy) is 3. The molecule has 2 bridgehead atoms. The lowest BCUT2D eigenvalue weighted by atomic mass is 9.90. The Bertz CT molecular complexity index is 839. The Labute approximate surface area is 158 Å². The molecule has 2 atom stereocenters. The van der Waals surface area contributed by atoms with Crippen LogP contribution in [0.25, 0.3) is 0 Å². The van der Waals surface area contributed by atoms with Crippen LogP contribution in [0, 0.1) is 0 Å². The first-order valence-corrected chi connectivity index (χ1v) is 9.15. The lowest BCUT2D eigenvalue weighted by molar-refractivity contribution is 0.0496. The second kappa shape index (κ2) is 6.36. The van der Waals surface area contributed by atoms with Gasteiger partial charge < -0.3 is 19.5 Å². The average molecular weight is 370 g/mol. The molecule has 1 fully saturated rings. The van der Waals surface area contributed by atoms with Crippen LogP contribution in [0.4, 0.5) is 5.69 Å². The van der Waals surface area contributed by atoms with Crippen molar-refractivity contribution in [2.75, 3.05) is 18.6 Å². The van der Waals surface area contributed by atoms with Crippen LogP contribution in [0.3, 0.4) is 0 Å². The molecule has 1 saturated heterocycles. The number of rotatable bonds is 4. The van der Waals surface area contributed by atoms with Gasteiger partial charge in [-0.25, -0.2) is 0 Å². The van der Waals surface area contributed by atoms with Crippen molar-refractivity contribution in [2.24, 2.45) is 0 Å². The van der Waals surface area contributed by atoms with Crippen molar-refractivity contribution < 1.29 is 14.2 Å². The Morgan fingerprint density at radius 3 is 2.65 bits per heavy atom. The molecule has 0 spiro atoms. The summed E-state index contributed by atoms with van der Waals surface area (Å²) in [6, 6.07) is 13.9. The normalized spacial score (nSPS) is 23.6. The van der Waals surface area contributed by atoms with Gasteiger partial charge in [0.1, 0.15) is 17.2 Å². The first-order chi connectivity index (χ1) is 12.5. The van der Waals surface area contributed by atoms with Crippen molar-refractivity contribution in [3.63, 3.8) is 0 Å². The lowest BCUT2D eigenvalue weighted by Crippen LogP contribution is -2.65. The minimum absolute atomic E-state index is 0.102. The van der Waals surface area contributed by atoms with E-state index in [1.54, 1.807) is 7.11 Å². The number of methoxy groups -OCH3 is 1. The van der Waals surface area contributed by atoms with Gasteiger partial charge in [-0.1, -0.05) is 0 Å². The van der Waals surface area contributed by atoms with E-state index in [0.717, 1.165) is 34.9 Å². The van der Waals surface area contributed by atoms with Gasteiger partial charge in [0.05, 0.1) is 19.8 Å². The summed E-state index contributed by atoms with van der Waals surface area (Å²) in [7, 11) is 1.67. The summed E-state index contributed by atoms with van der Waals surface area (Å²) in [6.45, 7) is 4.70. The number of thiocarbonyl (C=S) groups is 1. The van der Waals surface area contributed by atoms with Crippen molar-refractivity contribution in [2.45, 2.75) is 32.0 Å². The summed E-state index contributed by atoms with van der Waals surface area (Å²) in [5.74, 6) is 2.52. The molecule has 2 aromatic rings. The molecular formula is C20H22N2O3S. The van der Waals surface area contributed by atoms with Crippen molar-refractivity contribution >= 4 is 23.0 Å². The zero-order chi connectivity index (χ0) is 18.3. The van der Waals surface area contributed by atoms with Gasteiger partial charge in [-0.3, -0.25) is 4.90 Å². The SMILES string of the molecule is CCOc1ccc(N2C(=S)N[C@@H]3C[C@@]2(C)Oc2ccc(OC)cc23)cc1. The van der Waals surface area contributed by atoms with Crippen LogP contribution in [0.1, 0.15) is 31.9 Å². The molecule has 0 aliphatic carbocycles. The minimum Gasteiger partial charge on any atom is -0.497 e. The second-order valence-corrected chi connectivity index (χ2v) is 7.04. The number of anilines is 1. The summed E-state index contributed by atoms with van der Waals surface area (Å²) < 4.78 is 17.3. The molecule has 26 heavy (non-hydrogen) atoms. The number of hydrogen-bond donors (Lipinski definition) is 1. The van der Waals surface area contributed by atoms with E-state index in [0.29, 0.717) is 11.7 Å². The fourth-order valence-electron chi connectivity index (χ4n) is 3.73. The number of fused-ring (bicyclic) bond motifs is 4. The van der Waals surface area contributed by atoms with Gasteiger partial charge in [0.2, 0.25) is 0 Å². The monoisotopic (exact) mass is 370 g/mol. The maximum Gasteiger partial charge on any atom is 0.188 e. The Balaban J connectivity index is 1.70. The van der Waals surface area contributed by atoms with Gasteiger partial charge in [-0.15, -0.1) is 0 Å². The highest BCUT2D eigenvalue weighted by molar-refractivity contribution is 7.80. The molecular weight excluding hydrogens is 348 g/mol. The van der Waals surface area contributed by atoms with E-state index in [1.165, 1.54) is 0 Å². The van der Waals surface area contributed by atoms with E-state index in [-0.39, 0.29) is 6.04 Å². The van der Waals surface area contributed by atoms with Crippen LogP contribution >= 0.6 is 12.2 Å². The molecule has 2 aliphatic heterocycles. The van der Waals surface area contributed by atoms with Crippen LogP contribution in [-0.4, -0.2) is 24.6 Å². The molecule has 2 aliphatic rings. The highest BCUT2D eigenvalue weighted by atomic mass is 32.1. The van der Waals surface area contributed by atoms with Gasteiger partial charge >= 0.3 is 0 Å². The molecule has 6 heteroatoms. The lowest BCUT2D eigenvalue weighted by Gasteiger charge is -2.52. The molecule has 2 aromatic carbocycles. The summed E-state index contributed by atoms with van der Waals surface area (Å²) in [5.41, 5.74) is 1.50. The quantitative estimate of drug-likeness (QED) is 0.820. The molecule has 0 saturated carbocycles. The highest BCUT2D eigenvalue weighted by Crippen LogP contribution is 2.46. The Morgan fingerprint density at radius 1 is 1.23 bits per heavy atom. The van der Waals surface area contributed by atoms with Gasteiger partial charge in [0.15, 0.2) is 10.8 Å². The van der Waals surface area contributed by atoms with Gasteiger partial charge in [0.25, 0.3) is 0 Å². The molecule has 0 radical (unpaired) electrons. The third-order valence-electron chi connectivity index (χ3n) is 4.88. The molecule has 2 heterocycles. The Kier molecular flexibility index (Phi) is 4.15. The first kappa shape index (κ1) is 17.0. The van der Waals surface area contributed by atoms with Crippen LogP contribution < -0.4 is 24.4 Å². The maximum absolute atomic E-state index is 6.42. The first-order valence-electron chi connectivity index (χ1n) is 8.74. The van der Waals surface area contributed by atoms with Crippen molar-refractivity contribution in [3.8, 4) is 17.2 Å². The smallest absolute Gasteiger partial charge is 0.188 e. The topological polar surface area (TPSA) is 43.0 Å². The van der Waals surface area contributed by atoms with Crippen molar-refractivity contribution in [3.05, 3.63) is 48.0 Å². The zero-order valence-electron chi connectivity index (χ0n) is 15.1. The Morgan fingerprint density at radius 2 is 1.96 bits per heavy atom. The maximum atomic E-state index is 6.42. The van der Waals surface area contributed by atoms with E-state index in [2.05, 4.69) is 12.2 Å². The van der Waals surface area contributed by atoms with E-state index in [4.69, 9.17) is 26.4 Å². The van der Waals surface area contributed by atoms with Crippen LogP contribution in [0.2, 0.25) is 0 Å². The number of hydrogen-bond acceptors (Lipinski definition) is 4. The van der Waals surface area contributed by atoms with E-state index in [1.807, 2.05) is 54.3 Å². The predicted octanol–water partition coefficient (Wildman–Crippen LogP) is 4.03. The standard InChI is InChI=1S/C20H22N2O3S/c1-4-24-14-7-5-13(6-8-14)22-19(26)21-17-12-20(22,2)25-18-10-9-15(23-3)11-16(17)18/h5-11,17H,4,12H2,1-3H3,(H,21,26)/t17-,20-/m1/s1. The van der Waals surface area contributed by atoms with Crippen LogP contribution in [0.15, 0.2) is 42.5 Å². The highest BCUT2D eigenvalue weighted by Gasteiger charge is 2.48. The zero-order valence-corrected chi connectivity index (χ0v) is 15.9. The third-order valence-corrected chi connectivity index (χ3v) is 5.19. The number of benzene rings is 2. The van der Waals surface area contributed by atoms with Gasteiger partial charge in [0, 0.05) is 17.7 Å². The summed E-state index contributed by atoms with van der Waals surface area (Å²) in [6.07, 6.45) is 0.778. The molecule has 136 valence electrons. The van der Waals surface area contributed by atoms with E-state index < -0.39 is 5.72 Å². The van der Waals surface area contributed by atoms with Crippen LogP contribution in [-0.2, 0) is 0 Å². The third kappa shape index (κ3) is 2.74. The summed E-state index contributed by atoms with van der Waals surface area (Å²) in [4.78, 5) is 2.04. The fourth-order valence-corrected chi connectivity index (χ4v) is 4.17. The van der Waals surface area contributed by atoms with Gasteiger partial charge in [-0.2, -0.15) is 0 Å². The molecule has 0 aromatic heterocycles. The van der Waals surface area contributed by atoms with Crippen molar-refractivity contribution in [1.29, 1.82) is 0 Å². The van der Waals surface area contributed by atoms with Crippen molar-refractivity contribution in [1.82, 2.24) is 5.32 Å². The average Bonchev–Trinajstić information content (AvgIpc) is 2.62. The van der Waals surface area contributed by atoms with Gasteiger partial charge in [-0.05, 0) is 68.5 Å². The van der Waals surface area contributed by atoms with Crippen LogP contribution in [0.5, 0.6) is 17.2 Å². The Hall–Kier alpha value is -2.47. The largest absolute Gasteiger partial charge is 0.497 e. The number of nitrogens with one attached hydrogen (secondary N) is 1. The van der Waals surface area contributed by atoms with E-state index in [9.17, 15) is 0 Å². The molecule has 1 N–H and O–H groups in total. The predicted molar refractivity (Wildman–Crippen MR) is 105 cm³/mol. The summed E-state index contributed by atoms with van der Waals surface area (Å²) in [5, 5.41) is 4.11. The number of nitrogens with zero attached hydrogens (tertiary/aromatic N) is 1. The molecule has 5 nitrogen and oxygen atoms in total. The second-order valence-electron chi connectivity index (χ2n) is 6.65. The minimum atomic E-state index is -0.554. The van der Waals surface area contributed by atoms with E-state index >= 15 is 0 Å².